The van der Waals surface area contributed by atoms with Crippen LogP contribution in [-0.4, -0.2) is 81.9 Å². The SMILES string of the molecule is COC(=O)c1c(CC[C@@H](CO)NC(=O)N[C@@H](C)Cn2cc(C3(O)CCCCC3)nn2)oc(C(C)=O)c1C(=O)OC. The first-order chi connectivity index (χ1) is 19.0. The molecule has 0 aliphatic heterocycles. The quantitative estimate of drug-likeness (QED) is 0.216. The van der Waals surface area contributed by atoms with Gasteiger partial charge in [-0.3, -0.25) is 9.48 Å². The van der Waals surface area contributed by atoms with Crippen LogP contribution >= 0.6 is 0 Å². The van der Waals surface area contributed by atoms with Crippen LogP contribution in [-0.2, 0) is 28.0 Å². The third kappa shape index (κ3) is 7.24. The minimum Gasteiger partial charge on any atom is -0.465 e. The molecule has 0 radical (unpaired) electrons. The van der Waals surface area contributed by atoms with Crippen molar-refractivity contribution in [3.05, 3.63) is 34.5 Å². The lowest BCUT2D eigenvalue weighted by molar-refractivity contribution is -0.00476. The van der Waals surface area contributed by atoms with Crippen molar-refractivity contribution in [2.75, 3.05) is 20.8 Å². The van der Waals surface area contributed by atoms with Crippen molar-refractivity contribution in [1.29, 1.82) is 0 Å². The molecule has 2 amide bonds. The van der Waals surface area contributed by atoms with Crippen molar-refractivity contribution in [1.82, 2.24) is 25.6 Å². The number of urea groups is 1. The van der Waals surface area contributed by atoms with E-state index in [1.807, 2.05) is 0 Å². The molecule has 220 valence electrons. The molecule has 14 nitrogen and oxygen atoms in total. The highest BCUT2D eigenvalue weighted by Crippen LogP contribution is 2.35. The number of Topliss-reactive ketones (excluding diaryl/α,β-unsaturated/α-hetero) is 1. The zero-order valence-electron chi connectivity index (χ0n) is 23.2. The fourth-order valence-electron chi connectivity index (χ4n) is 4.80. The maximum atomic E-state index is 12.6. The first-order valence-corrected chi connectivity index (χ1v) is 13.2. The lowest BCUT2D eigenvalue weighted by Gasteiger charge is -2.29. The standard InChI is InChI=1S/C26H37N5O9/c1-15(12-31-13-19(29-30-31)26(37)10-6-5-7-11-26)27-25(36)28-17(14-32)8-9-18-20(23(34)38-3)21(24(35)39-4)22(40-18)16(2)33/h13,15,17,32,37H,5-12,14H2,1-4H3,(H2,27,28,36)/t15-,17-/m0/s1. The van der Waals surface area contributed by atoms with Crippen LogP contribution in [0.4, 0.5) is 4.79 Å². The average molecular weight is 564 g/mol. The number of nitrogens with one attached hydrogen (secondary N) is 2. The number of hydrogen-bond donors (Lipinski definition) is 4. The number of carbonyl (C=O) groups is 4. The largest absolute Gasteiger partial charge is 0.465 e. The van der Waals surface area contributed by atoms with E-state index >= 15 is 0 Å². The summed E-state index contributed by atoms with van der Waals surface area (Å²) in [4.78, 5) is 49.4. The molecule has 0 bridgehead atoms. The van der Waals surface area contributed by atoms with E-state index in [9.17, 15) is 29.4 Å². The number of carbonyl (C=O) groups excluding carboxylic acids is 4. The number of hydrogen-bond acceptors (Lipinski definition) is 11. The summed E-state index contributed by atoms with van der Waals surface area (Å²) in [5, 5.41) is 34.3. The zero-order chi connectivity index (χ0) is 29.4. The number of aryl methyl sites for hydroxylation is 1. The van der Waals surface area contributed by atoms with Crippen molar-refractivity contribution < 1.29 is 43.3 Å². The number of nitrogens with zero attached hydrogens (tertiary/aromatic N) is 3. The molecule has 3 rings (SSSR count). The molecule has 14 heteroatoms. The Morgan fingerprint density at radius 1 is 1.10 bits per heavy atom. The molecular weight excluding hydrogens is 526 g/mol. The molecule has 0 aromatic carbocycles. The lowest BCUT2D eigenvalue weighted by Crippen LogP contribution is -2.47. The molecule has 2 heterocycles. The maximum Gasteiger partial charge on any atom is 0.342 e. The number of aliphatic hydroxyl groups excluding tert-OH is 1. The number of rotatable bonds is 12. The van der Waals surface area contributed by atoms with Gasteiger partial charge in [0.15, 0.2) is 11.5 Å². The van der Waals surface area contributed by atoms with Gasteiger partial charge in [0.25, 0.3) is 0 Å². The molecule has 1 fully saturated rings. The van der Waals surface area contributed by atoms with Crippen LogP contribution < -0.4 is 10.6 Å². The first kappa shape index (κ1) is 30.8. The molecule has 1 saturated carbocycles. The highest BCUT2D eigenvalue weighted by Gasteiger charge is 2.35. The normalized spacial score (nSPS) is 16.1. The van der Waals surface area contributed by atoms with Crippen LogP contribution in [0.2, 0.25) is 0 Å². The maximum absolute atomic E-state index is 12.6. The minimum absolute atomic E-state index is 0.00640. The van der Waals surface area contributed by atoms with E-state index in [1.54, 1.807) is 17.8 Å². The Bertz CT molecular complexity index is 1220. The third-order valence-electron chi connectivity index (χ3n) is 6.89. The van der Waals surface area contributed by atoms with Crippen LogP contribution in [0.5, 0.6) is 0 Å². The van der Waals surface area contributed by atoms with E-state index in [4.69, 9.17) is 13.9 Å². The predicted octanol–water partition coefficient (Wildman–Crippen LogP) is 1.48. The Kier molecular flexibility index (Phi) is 10.4. The summed E-state index contributed by atoms with van der Waals surface area (Å²) >= 11 is 0. The second-order valence-electron chi connectivity index (χ2n) is 10.00. The summed E-state index contributed by atoms with van der Waals surface area (Å²) in [5.74, 6) is -2.76. The molecule has 1 aliphatic rings. The fraction of sp³-hybridized carbons (Fsp3) is 0.615. The first-order valence-electron chi connectivity index (χ1n) is 13.2. The van der Waals surface area contributed by atoms with Gasteiger partial charge in [0.1, 0.15) is 28.2 Å². The van der Waals surface area contributed by atoms with E-state index in [2.05, 4.69) is 20.9 Å². The van der Waals surface area contributed by atoms with E-state index in [-0.39, 0.29) is 41.5 Å². The molecule has 40 heavy (non-hydrogen) atoms. The molecular formula is C26H37N5O9. The minimum atomic E-state index is -0.969. The Labute approximate surface area is 231 Å². The van der Waals surface area contributed by atoms with Gasteiger partial charge in [-0.1, -0.05) is 24.5 Å². The van der Waals surface area contributed by atoms with Crippen LogP contribution in [0.3, 0.4) is 0 Å². The van der Waals surface area contributed by atoms with Gasteiger partial charge in [-0.15, -0.1) is 5.10 Å². The second kappa shape index (κ2) is 13.5. The Morgan fingerprint density at radius 2 is 1.75 bits per heavy atom. The summed E-state index contributed by atoms with van der Waals surface area (Å²) in [6.07, 6.45) is 6.03. The van der Waals surface area contributed by atoms with E-state index in [0.717, 1.165) is 33.5 Å². The van der Waals surface area contributed by atoms with Crippen LogP contribution in [0.1, 0.15) is 95.1 Å². The predicted molar refractivity (Wildman–Crippen MR) is 139 cm³/mol. The topological polar surface area (TPSA) is 195 Å². The number of methoxy groups -OCH3 is 2. The number of ether oxygens (including phenoxy) is 2. The van der Waals surface area contributed by atoms with Gasteiger partial charge < -0.3 is 34.7 Å². The molecule has 2 aromatic heterocycles. The van der Waals surface area contributed by atoms with Crippen molar-refractivity contribution in [2.24, 2.45) is 0 Å². The molecule has 4 N–H and O–H groups in total. The fourth-order valence-corrected chi connectivity index (χ4v) is 4.80. The summed E-state index contributed by atoms with van der Waals surface area (Å²) < 4.78 is 16.6. The molecule has 2 atom stereocenters. The van der Waals surface area contributed by atoms with Crippen LogP contribution in [0.15, 0.2) is 10.6 Å². The van der Waals surface area contributed by atoms with Gasteiger partial charge in [-0.05, 0) is 26.2 Å². The van der Waals surface area contributed by atoms with Crippen molar-refractivity contribution in [3.63, 3.8) is 0 Å². The highest BCUT2D eigenvalue weighted by molar-refractivity contribution is 6.11. The van der Waals surface area contributed by atoms with Gasteiger partial charge in [0.2, 0.25) is 0 Å². The van der Waals surface area contributed by atoms with Gasteiger partial charge in [0.05, 0.1) is 39.6 Å². The van der Waals surface area contributed by atoms with E-state index < -0.39 is 42.0 Å². The molecule has 1 aliphatic carbocycles. The second-order valence-corrected chi connectivity index (χ2v) is 10.00. The van der Waals surface area contributed by atoms with Gasteiger partial charge in [-0.2, -0.15) is 0 Å². The number of furan rings is 1. The number of ketones is 1. The molecule has 0 saturated heterocycles. The van der Waals surface area contributed by atoms with Gasteiger partial charge >= 0.3 is 18.0 Å². The number of amides is 2. The van der Waals surface area contributed by atoms with Crippen molar-refractivity contribution >= 4 is 23.8 Å². The smallest absolute Gasteiger partial charge is 0.342 e. The van der Waals surface area contributed by atoms with Crippen LogP contribution in [0, 0.1) is 0 Å². The van der Waals surface area contributed by atoms with E-state index in [1.165, 1.54) is 6.92 Å². The average Bonchev–Trinajstić information content (AvgIpc) is 3.56. The summed E-state index contributed by atoms with van der Waals surface area (Å²) in [5.41, 5.74) is -1.01. The summed E-state index contributed by atoms with van der Waals surface area (Å²) in [6, 6.07) is -1.67. The third-order valence-corrected chi connectivity index (χ3v) is 6.89. The Balaban J connectivity index is 1.60. The number of aliphatic hydroxyl groups is 2. The molecule has 0 spiro atoms. The molecule has 2 aromatic rings. The van der Waals surface area contributed by atoms with E-state index in [0.29, 0.717) is 25.1 Å². The molecule has 0 unspecified atom stereocenters. The lowest BCUT2D eigenvalue weighted by atomic mass is 9.83. The number of aromatic nitrogens is 3. The van der Waals surface area contributed by atoms with Crippen LogP contribution in [0.25, 0.3) is 0 Å². The monoisotopic (exact) mass is 563 g/mol. The zero-order valence-corrected chi connectivity index (χ0v) is 23.2. The van der Waals surface area contributed by atoms with Gasteiger partial charge in [-0.25, -0.2) is 14.4 Å². The summed E-state index contributed by atoms with van der Waals surface area (Å²) in [6.45, 7) is 2.83. The van der Waals surface area contributed by atoms with Crippen molar-refractivity contribution in [2.45, 2.75) is 83.0 Å². The Hall–Kier alpha value is -3.78. The number of esters is 2. The van der Waals surface area contributed by atoms with Gasteiger partial charge in [0, 0.05) is 19.4 Å². The highest BCUT2D eigenvalue weighted by atomic mass is 16.5. The summed E-state index contributed by atoms with van der Waals surface area (Å²) in [7, 11) is 2.22. The van der Waals surface area contributed by atoms with Crippen molar-refractivity contribution in [3.8, 4) is 0 Å². The Morgan fingerprint density at radius 3 is 2.35 bits per heavy atom.